The van der Waals surface area contributed by atoms with E-state index in [2.05, 4.69) is 72.1 Å². The highest BCUT2D eigenvalue weighted by atomic mass is 32.1. The zero-order chi connectivity index (χ0) is 26.1. The maximum Gasteiger partial charge on any atom is 0.244 e. The van der Waals surface area contributed by atoms with Gasteiger partial charge in [0.15, 0.2) is 5.11 Å². The first kappa shape index (κ1) is 24.7. The molecule has 4 aromatic rings. The molecule has 5 rings (SSSR count). The van der Waals surface area contributed by atoms with Crippen molar-refractivity contribution in [3.63, 3.8) is 0 Å². The van der Waals surface area contributed by atoms with Crippen molar-refractivity contribution >= 4 is 28.9 Å². The second kappa shape index (κ2) is 10.2. The first-order valence-corrected chi connectivity index (χ1v) is 12.8. The third-order valence-corrected chi connectivity index (χ3v) is 7.18. The van der Waals surface area contributed by atoms with Crippen LogP contribution in [0.15, 0.2) is 79.0 Å². The van der Waals surface area contributed by atoms with E-state index in [4.69, 9.17) is 12.2 Å². The maximum absolute atomic E-state index is 13.1. The van der Waals surface area contributed by atoms with Gasteiger partial charge in [0, 0.05) is 29.0 Å². The summed E-state index contributed by atoms with van der Waals surface area (Å²) in [6.45, 7) is 8.63. The lowest BCUT2D eigenvalue weighted by molar-refractivity contribution is -0.116. The van der Waals surface area contributed by atoms with Crippen molar-refractivity contribution in [2.24, 2.45) is 0 Å². The summed E-state index contributed by atoms with van der Waals surface area (Å²) in [7, 11) is 0. The van der Waals surface area contributed by atoms with Crippen LogP contribution in [0.1, 0.15) is 45.9 Å². The van der Waals surface area contributed by atoms with Crippen LogP contribution in [0.4, 0.5) is 5.69 Å². The molecule has 2 atom stereocenters. The largest absolute Gasteiger partial charge is 0.352 e. The minimum atomic E-state index is -0.199. The summed E-state index contributed by atoms with van der Waals surface area (Å²) in [5, 5.41) is 7.00. The quantitative estimate of drug-likeness (QED) is 0.326. The molecule has 0 saturated carbocycles. The summed E-state index contributed by atoms with van der Waals surface area (Å²) in [5.74, 6) is -0.120. The molecule has 1 aliphatic rings. The number of nitrogens with one attached hydrogen (secondary N) is 2. The average Bonchev–Trinajstić information content (AvgIpc) is 3.34. The van der Waals surface area contributed by atoms with Crippen LogP contribution in [0.25, 0.3) is 5.69 Å². The molecule has 37 heavy (non-hydrogen) atoms. The molecule has 0 aliphatic carbocycles. The van der Waals surface area contributed by atoms with Gasteiger partial charge in [0.05, 0.1) is 17.8 Å². The zero-order valence-electron chi connectivity index (χ0n) is 21.5. The smallest absolute Gasteiger partial charge is 0.244 e. The Morgan fingerprint density at radius 1 is 0.973 bits per heavy atom. The summed E-state index contributed by atoms with van der Waals surface area (Å²) in [6, 6.07) is 23.8. The van der Waals surface area contributed by atoms with E-state index in [1.54, 1.807) is 6.20 Å². The highest BCUT2D eigenvalue weighted by Gasteiger charge is 2.42. The van der Waals surface area contributed by atoms with E-state index in [1.165, 1.54) is 11.1 Å². The maximum atomic E-state index is 13.1. The number of benzene rings is 2. The lowest BCUT2D eigenvalue weighted by Gasteiger charge is -2.27. The fourth-order valence-corrected chi connectivity index (χ4v) is 5.66. The molecule has 2 aromatic heterocycles. The van der Waals surface area contributed by atoms with Crippen molar-refractivity contribution in [2.45, 2.75) is 39.8 Å². The molecule has 2 aromatic carbocycles. The predicted molar refractivity (Wildman–Crippen MR) is 152 cm³/mol. The number of pyridine rings is 1. The molecule has 0 spiro atoms. The van der Waals surface area contributed by atoms with E-state index in [0.717, 1.165) is 34.0 Å². The van der Waals surface area contributed by atoms with E-state index >= 15 is 0 Å². The number of thiocarbonyl (C=S) groups is 1. The Bertz CT molecular complexity index is 1430. The monoisotopic (exact) mass is 509 g/mol. The number of anilines is 1. The van der Waals surface area contributed by atoms with Gasteiger partial charge in [-0.3, -0.25) is 9.78 Å². The fraction of sp³-hybridized carbons (Fsp3) is 0.233. The van der Waals surface area contributed by atoms with E-state index in [1.807, 2.05) is 53.4 Å². The summed E-state index contributed by atoms with van der Waals surface area (Å²) in [6.07, 6.45) is 1.79. The van der Waals surface area contributed by atoms with Gasteiger partial charge in [0.2, 0.25) is 5.91 Å². The number of hydrogen-bond donors (Lipinski definition) is 2. The molecule has 1 saturated heterocycles. The van der Waals surface area contributed by atoms with Gasteiger partial charge in [-0.2, -0.15) is 0 Å². The molecule has 1 aliphatic heterocycles. The molecule has 6 nitrogen and oxygen atoms in total. The van der Waals surface area contributed by atoms with Crippen molar-refractivity contribution in [2.75, 3.05) is 11.9 Å². The Morgan fingerprint density at radius 3 is 2.35 bits per heavy atom. The minimum Gasteiger partial charge on any atom is -0.352 e. The summed E-state index contributed by atoms with van der Waals surface area (Å²) in [5.41, 5.74) is 8.59. The summed E-state index contributed by atoms with van der Waals surface area (Å²) >= 11 is 5.79. The first-order chi connectivity index (χ1) is 17.8. The molecular weight excluding hydrogens is 478 g/mol. The first-order valence-electron chi connectivity index (χ1n) is 12.4. The van der Waals surface area contributed by atoms with Crippen LogP contribution in [0, 0.1) is 27.7 Å². The molecule has 0 unspecified atom stereocenters. The molecule has 2 N–H and O–H groups in total. The number of hydrogen-bond acceptors (Lipinski definition) is 3. The second-order valence-electron chi connectivity index (χ2n) is 9.68. The normalized spacial score (nSPS) is 17.1. The molecule has 3 heterocycles. The highest BCUT2D eigenvalue weighted by Crippen LogP contribution is 2.41. The van der Waals surface area contributed by atoms with Gasteiger partial charge in [-0.25, -0.2) is 0 Å². The van der Waals surface area contributed by atoms with E-state index in [9.17, 15) is 4.79 Å². The lowest BCUT2D eigenvalue weighted by atomic mass is 9.96. The van der Waals surface area contributed by atoms with Gasteiger partial charge in [-0.15, -0.1) is 0 Å². The van der Waals surface area contributed by atoms with Crippen molar-refractivity contribution in [1.29, 1.82) is 0 Å². The number of carbonyl (C=O) groups is 1. The van der Waals surface area contributed by atoms with Crippen molar-refractivity contribution in [3.05, 3.63) is 113 Å². The average molecular weight is 510 g/mol. The Labute approximate surface area is 223 Å². The number of para-hydroxylation sites is 1. The van der Waals surface area contributed by atoms with Crippen molar-refractivity contribution in [3.8, 4) is 5.69 Å². The number of carbonyl (C=O) groups excluding carboxylic acids is 1. The van der Waals surface area contributed by atoms with Gasteiger partial charge in [-0.1, -0.05) is 30.3 Å². The van der Waals surface area contributed by atoms with Gasteiger partial charge < -0.3 is 20.1 Å². The third-order valence-electron chi connectivity index (χ3n) is 6.82. The van der Waals surface area contributed by atoms with E-state index in [-0.39, 0.29) is 24.5 Å². The van der Waals surface area contributed by atoms with Gasteiger partial charge >= 0.3 is 0 Å². The van der Waals surface area contributed by atoms with Crippen LogP contribution in [0.3, 0.4) is 0 Å². The number of amides is 1. The molecule has 1 fully saturated rings. The molecule has 0 radical (unpaired) electrons. The molecular formula is C30H31N5OS. The number of rotatable bonds is 6. The van der Waals surface area contributed by atoms with Gasteiger partial charge in [0.1, 0.15) is 6.54 Å². The van der Waals surface area contributed by atoms with E-state index in [0.29, 0.717) is 5.11 Å². The highest BCUT2D eigenvalue weighted by molar-refractivity contribution is 7.80. The van der Waals surface area contributed by atoms with Gasteiger partial charge in [0.25, 0.3) is 0 Å². The second-order valence-corrected chi connectivity index (χ2v) is 10.1. The Kier molecular flexibility index (Phi) is 6.80. The fourth-order valence-electron chi connectivity index (χ4n) is 5.36. The summed E-state index contributed by atoms with van der Waals surface area (Å²) in [4.78, 5) is 19.7. The van der Waals surface area contributed by atoms with Crippen LogP contribution >= 0.6 is 12.2 Å². The van der Waals surface area contributed by atoms with Crippen LogP contribution in [-0.2, 0) is 4.79 Å². The molecule has 7 heteroatoms. The topological polar surface area (TPSA) is 62.2 Å². The number of nitrogens with zero attached hydrogens (tertiary/aromatic N) is 3. The Hall–Kier alpha value is -3.97. The molecule has 1 amide bonds. The predicted octanol–water partition coefficient (Wildman–Crippen LogP) is 5.72. The molecule has 0 bridgehead atoms. The van der Waals surface area contributed by atoms with Crippen LogP contribution in [0.2, 0.25) is 0 Å². The van der Waals surface area contributed by atoms with Gasteiger partial charge in [-0.05, 0) is 99.1 Å². The van der Waals surface area contributed by atoms with Crippen LogP contribution < -0.4 is 10.6 Å². The van der Waals surface area contributed by atoms with Crippen LogP contribution in [0.5, 0.6) is 0 Å². The Balaban J connectivity index is 1.55. The summed E-state index contributed by atoms with van der Waals surface area (Å²) < 4.78 is 2.29. The lowest BCUT2D eigenvalue weighted by Crippen LogP contribution is -2.37. The van der Waals surface area contributed by atoms with E-state index < -0.39 is 0 Å². The number of aromatic nitrogens is 2. The standard InChI is InChI=1S/C30H31N5OS/c1-19-14-20(2)16-24(15-19)35-21(3)17-25(22(35)4)29-28(26-12-8-9-13-31-26)33-30(37)34(29)18-27(36)32-23-10-6-5-7-11-23/h5-17,28-29H,18H2,1-4H3,(H,32,36)(H,33,37)/t28-,29-/m1/s1. The van der Waals surface area contributed by atoms with Crippen molar-refractivity contribution < 1.29 is 4.79 Å². The SMILES string of the molecule is Cc1cc(C)cc(-n2c(C)cc([C@@H]3[C@@H](c4ccccn4)NC(=S)N3CC(=O)Nc3ccccc3)c2C)c1. The third kappa shape index (κ3) is 5.00. The minimum absolute atomic E-state index is 0.120. The number of aryl methyl sites for hydroxylation is 3. The van der Waals surface area contributed by atoms with Crippen LogP contribution in [-0.4, -0.2) is 32.0 Å². The van der Waals surface area contributed by atoms with Crippen molar-refractivity contribution in [1.82, 2.24) is 19.8 Å². The zero-order valence-corrected chi connectivity index (χ0v) is 22.3. The molecule has 188 valence electrons. The Morgan fingerprint density at radius 2 is 1.68 bits per heavy atom.